The summed E-state index contributed by atoms with van der Waals surface area (Å²) in [5.74, 6) is -0.235. The van der Waals surface area contributed by atoms with Crippen molar-refractivity contribution in [2.75, 3.05) is 6.61 Å². The van der Waals surface area contributed by atoms with Crippen LogP contribution < -0.4 is 0 Å². The molecule has 3 nitrogen and oxygen atoms in total. The summed E-state index contributed by atoms with van der Waals surface area (Å²) in [6.45, 7) is 5.93. The molecule has 0 radical (unpaired) electrons. The first-order chi connectivity index (χ1) is 9.22. The van der Waals surface area contributed by atoms with Crippen LogP contribution in [0.2, 0.25) is 0 Å². The molecule has 0 saturated heterocycles. The van der Waals surface area contributed by atoms with Gasteiger partial charge in [-0.15, -0.1) is 6.58 Å². The van der Waals surface area contributed by atoms with Crippen molar-refractivity contribution in [1.82, 2.24) is 0 Å². The van der Waals surface area contributed by atoms with Crippen molar-refractivity contribution < 1.29 is 9.53 Å². The number of hydrogen-bond donors (Lipinski definition) is 0. The SMILES string of the molecule is C=CCC1(C(=O)OCC)CCC(c2ccccc2)=N1. The molecule has 0 amide bonds. The monoisotopic (exact) mass is 257 g/mol. The Labute approximate surface area is 114 Å². The number of carbonyl (C=O) groups excluding carboxylic acids is 1. The minimum Gasteiger partial charge on any atom is -0.464 e. The van der Waals surface area contributed by atoms with Crippen LogP contribution in [-0.4, -0.2) is 23.8 Å². The van der Waals surface area contributed by atoms with E-state index in [1.807, 2.05) is 37.3 Å². The van der Waals surface area contributed by atoms with Crippen molar-refractivity contribution >= 4 is 11.7 Å². The lowest BCUT2D eigenvalue weighted by Gasteiger charge is -2.21. The molecule has 0 fully saturated rings. The van der Waals surface area contributed by atoms with Crippen LogP contribution in [-0.2, 0) is 9.53 Å². The van der Waals surface area contributed by atoms with Gasteiger partial charge in [-0.1, -0.05) is 36.4 Å². The maximum absolute atomic E-state index is 12.2. The summed E-state index contributed by atoms with van der Waals surface area (Å²) < 4.78 is 5.17. The number of nitrogens with zero attached hydrogens (tertiary/aromatic N) is 1. The van der Waals surface area contributed by atoms with E-state index in [0.717, 1.165) is 17.7 Å². The molecule has 0 spiro atoms. The number of esters is 1. The summed E-state index contributed by atoms with van der Waals surface area (Å²) in [7, 11) is 0. The van der Waals surface area contributed by atoms with Gasteiger partial charge in [0.25, 0.3) is 0 Å². The van der Waals surface area contributed by atoms with Crippen LogP contribution in [0.15, 0.2) is 48.0 Å². The first-order valence-electron chi connectivity index (χ1n) is 6.64. The zero-order chi connectivity index (χ0) is 13.7. The highest BCUT2D eigenvalue weighted by Crippen LogP contribution is 2.33. The fraction of sp³-hybridized carbons (Fsp3) is 0.375. The normalized spacial score (nSPS) is 21.8. The zero-order valence-corrected chi connectivity index (χ0v) is 11.3. The summed E-state index contributed by atoms with van der Waals surface area (Å²) in [4.78, 5) is 16.8. The van der Waals surface area contributed by atoms with Crippen LogP contribution in [0.5, 0.6) is 0 Å². The van der Waals surface area contributed by atoms with E-state index in [1.54, 1.807) is 6.08 Å². The van der Waals surface area contributed by atoms with Gasteiger partial charge in [-0.05, 0) is 25.3 Å². The Bertz CT molecular complexity index is 493. The second-order valence-corrected chi connectivity index (χ2v) is 4.67. The predicted octanol–water partition coefficient (Wildman–Crippen LogP) is 3.15. The van der Waals surface area contributed by atoms with Gasteiger partial charge >= 0.3 is 5.97 Å². The fourth-order valence-electron chi connectivity index (χ4n) is 2.42. The maximum atomic E-state index is 12.2. The van der Waals surface area contributed by atoms with E-state index >= 15 is 0 Å². The van der Waals surface area contributed by atoms with E-state index < -0.39 is 5.54 Å². The van der Waals surface area contributed by atoms with Crippen molar-refractivity contribution in [3.63, 3.8) is 0 Å². The molecule has 0 saturated carbocycles. The molecule has 1 unspecified atom stereocenters. The lowest BCUT2D eigenvalue weighted by atomic mass is 9.92. The highest BCUT2D eigenvalue weighted by atomic mass is 16.5. The Morgan fingerprint density at radius 3 is 2.84 bits per heavy atom. The standard InChI is InChI=1S/C16H19NO2/c1-3-11-16(15(18)19-4-2)12-10-14(17-16)13-8-6-5-7-9-13/h3,5-9H,1,4,10-12H2,2H3. The molecular weight excluding hydrogens is 238 g/mol. The number of benzene rings is 1. The molecule has 100 valence electrons. The molecule has 19 heavy (non-hydrogen) atoms. The Kier molecular flexibility index (Phi) is 4.15. The molecule has 0 aromatic heterocycles. The van der Waals surface area contributed by atoms with Gasteiger partial charge in [0.15, 0.2) is 5.54 Å². The van der Waals surface area contributed by atoms with Gasteiger partial charge in [0, 0.05) is 12.1 Å². The van der Waals surface area contributed by atoms with E-state index in [0.29, 0.717) is 19.4 Å². The van der Waals surface area contributed by atoms with E-state index in [4.69, 9.17) is 4.74 Å². The molecule has 1 aromatic rings. The molecule has 0 aliphatic carbocycles. The molecule has 1 heterocycles. The third-order valence-corrected chi connectivity index (χ3v) is 3.37. The van der Waals surface area contributed by atoms with Crippen LogP contribution in [0.1, 0.15) is 31.7 Å². The number of aliphatic imine (C=N–C) groups is 1. The minimum atomic E-state index is -0.761. The van der Waals surface area contributed by atoms with Gasteiger partial charge in [-0.2, -0.15) is 0 Å². The van der Waals surface area contributed by atoms with Gasteiger partial charge in [0.2, 0.25) is 0 Å². The third kappa shape index (κ3) is 2.75. The topological polar surface area (TPSA) is 38.7 Å². The molecule has 0 N–H and O–H groups in total. The van der Waals surface area contributed by atoms with Gasteiger partial charge < -0.3 is 4.74 Å². The highest BCUT2D eigenvalue weighted by molar-refractivity contribution is 6.04. The van der Waals surface area contributed by atoms with Crippen LogP contribution in [0.4, 0.5) is 0 Å². The van der Waals surface area contributed by atoms with Gasteiger partial charge in [-0.3, -0.25) is 4.99 Å². The average molecular weight is 257 g/mol. The molecule has 2 rings (SSSR count). The Hall–Kier alpha value is -1.90. The largest absolute Gasteiger partial charge is 0.464 e. The van der Waals surface area contributed by atoms with E-state index in [9.17, 15) is 4.79 Å². The molecule has 3 heteroatoms. The van der Waals surface area contributed by atoms with Crippen LogP contribution in [0.3, 0.4) is 0 Å². The van der Waals surface area contributed by atoms with Gasteiger partial charge in [0.1, 0.15) is 0 Å². The van der Waals surface area contributed by atoms with E-state index in [2.05, 4.69) is 11.6 Å². The van der Waals surface area contributed by atoms with Gasteiger partial charge in [-0.25, -0.2) is 4.79 Å². The highest BCUT2D eigenvalue weighted by Gasteiger charge is 2.42. The number of rotatable bonds is 5. The number of hydrogen-bond acceptors (Lipinski definition) is 3. The molecule has 1 aliphatic heterocycles. The van der Waals surface area contributed by atoms with Crippen molar-refractivity contribution in [2.24, 2.45) is 4.99 Å². The van der Waals surface area contributed by atoms with Gasteiger partial charge in [0.05, 0.1) is 6.61 Å². The summed E-state index contributed by atoms with van der Waals surface area (Å²) >= 11 is 0. The van der Waals surface area contributed by atoms with Crippen LogP contribution >= 0.6 is 0 Å². The second kappa shape index (κ2) is 5.83. The van der Waals surface area contributed by atoms with Crippen molar-refractivity contribution in [3.8, 4) is 0 Å². The van der Waals surface area contributed by atoms with E-state index in [-0.39, 0.29) is 5.97 Å². The molecule has 1 atom stereocenters. The Balaban J connectivity index is 2.30. The third-order valence-electron chi connectivity index (χ3n) is 3.37. The van der Waals surface area contributed by atoms with E-state index in [1.165, 1.54) is 0 Å². The van der Waals surface area contributed by atoms with Crippen molar-refractivity contribution in [3.05, 3.63) is 48.6 Å². The Morgan fingerprint density at radius 2 is 2.21 bits per heavy atom. The summed E-state index contributed by atoms with van der Waals surface area (Å²) in [6.07, 6.45) is 3.77. The van der Waals surface area contributed by atoms with Crippen molar-refractivity contribution in [2.45, 2.75) is 31.7 Å². The van der Waals surface area contributed by atoms with Crippen molar-refractivity contribution in [1.29, 1.82) is 0 Å². The second-order valence-electron chi connectivity index (χ2n) is 4.67. The average Bonchev–Trinajstić information content (AvgIpc) is 2.86. The summed E-state index contributed by atoms with van der Waals surface area (Å²) in [5, 5.41) is 0. The maximum Gasteiger partial charge on any atom is 0.334 e. The predicted molar refractivity (Wildman–Crippen MR) is 76.4 cm³/mol. The minimum absolute atomic E-state index is 0.235. The number of ether oxygens (including phenoxy) is 1. The molecule has 0 bridgehead atoms. The molecule has 1 aliphatic rings. The smallest absolute Gasteiger partial charge is 0.334 e. The molecular formula is C16H19NO2. The first kappa shape index (κ1) is 13.5. The number of carbonyl (C=O) groups is 1. The van der Waals surface area contributed by atoms with Crippen LogP contribution in [0.25, 0.3) is 0 Å². The lowest BCUT2D eigenvalue weighted by Crippen LogP contribution is -2.35. The quantitative estimate of drug-likeness (QED) is 0.600. The summed E-state index contributed by atoms with van der Waals surface area (Å²) in [5.41, 5.74) is 1.30. The molecule has 1 aromatic carbocycles. The first-order valence-corrected chi connectivity index (χ1v) is 6.64. The van der Waals surface area contributed by atoms with Crippen LogP contribution in [0, 0.1) is 0 Å². The summed E-state index contributed by atoms with van der Waals surface area (Å²) in [6, 6.07) is 9.98. The lowest BCUT2D eigenvalue weighted by molar-refractivity contribution is -0.149. The Morgan fingerprint density at radius 1 is 1.47 bits per heavy atom. The fourth-order valence-corrected chi connectivity index (χ4v) is 2.42. The zero-order valence-electron chi connectivity index (χ0n) is 11.3.